The van der Waals surface area contributed by atoms with Crippen LogP contribution in [0.1, 0.15) is 25.5 Å². The zero-order valence-corrected chi connectivity index (χ0v) is 16.1. The molecule has 144 valence electrons. The van der Waals surface area contributed by atoms with Gasteiger partial charge in [0.15, 0.2) is 0 Å². The lowest BCUT2D eigenvalue weighted by Crippen LogP contribution is -2.50. The van der Waals surface area contributed by atoms with Crippen LogP contribution < -0.4 is 15.5 Å². The maximum atomic E-state index is 12.6. The van der Waals surface area contributed by atoms with Crippen LogP contribution in [-0.2, 0) is 4.79 Å². The molecule has 1 atom stereocenters. The van der Waals surface area contributed by atoms with Gasteiger partial charge in [-0.25, -0.2) is 4.98 Å². The minimum absolute atomic E-state index is 0.00195. The monoisotopic (exact) mass is 368 g/mol. The minimum atomic E-state index is -0.377. The van der Waals surface area contributed by atoms with Crippen LogP contribution in [0.2, 0.25) is 0 Å². The van der Waals surface area contributed by atoms with Gasteiger partial charge in [0.1, 0.15) is 11.9 Å². The predicted octanol–water partition coefficient (Wildman–Crippen LogP) is 1.91. The van der Waals surface area contributed by atoms with Gasteiger partial charge in [0.05, 0.1) is 0 Å². The van der Waals surface area contributed by atoms with Gasteiger partial charge >= 0.3 is 0 Å². The molecular weight excluding hydrogens is 340 g/mol. The molecule has 1 aromatic heterocycles. The van der Waals surface area contributed by atoms with Crippen molar-refractivity contribution in [2.45, 2.75) is 19.9 Å². The topological polar surface area (TPSA) is 73.4 Å². The second-order valence-corrected chi connectivity index (χ2v) is 6.49. The number of piperazine rings is 1. The third-order valence-corrected chi connectivity index (χ3v) is 4.87. The summed E-state index contributed by atoms with van der Waals surface area (Å²) in [7, 11) is 0. The van der Waals surface area contributed by atoms with E-state index < -0.39 is 0 Å². The average Bonchev–Trinajstić information content (AvgIpc) is 2.72. The van der Waals surface area contributed by atoms with Gasteiger partial charge in [0.2, 0.25) is 11.9 Å². The molecular formula is C20H28N6O. The number of carbonyl (C=O) groups is 1. The largest absolute Gasteiger partial charge is 0.353 e. The number of rotatable bonds is 8. The van der Waals surface area contributed by atoms with Gasteiger partial charge in [-0.2, -0.15) is 4.98 Å². The molecule has 0 radical (unpaired) electrons. The Morgan fingerprint density at radius 2 is 2.00 bits per heavy atom. The summed E-state index contributed by atoms with van der Waals surface area (Å²) in [6.45, 7) is 9.42. The van der Waals surface area contributed by atoms with Crippen molar-refractivity contribution >= 4 is 17.7 Å². The van der Waals surface area contributed by atoms with E-state index in [1.165, 1.54) is 0 Å². The van der Waals surface area contributed by atoms with E-state index in [0.29, 0.717) is 19.0 Å². The van der Waals surface area contributed by atoms with E-state index in [0.717, 1.165) is 37.6 Å². The third-order valence-electron chi connectivity index (χ3n) is 4.87. The van der Waals surface area contributed by atoms with Crippen molar-refractivity contribution in [1.29, 1.82) is 0 Å². The lowest BCUT2D eigenvalue weighted by Gasteiger charge is -2.36. The molecule has 0 saturated carbocycles. The van der Waals surface area contributed by atoms with Gasteiger partial charge in [-0.15, -0.1) is 0 Å². The number of nitrogens with one attached hydrogen (secondary N) is 2. The van der Waals surface area contributed by atoms with Crippen molar-refractivity contribution in [2.24, 2.45) is 0 Å². The number of aromatic nitrogens is 2. The Kier molecular flexibility index (Phi) is 6.59. The SMILES string of the molecule is CCN(CC)CCNc1nccc(N2CCNC(=O)C2c2ccccc2)n1. The highest BCUT2D eigenvalue weighted by molar-refractivity contribution is 5.87. The normalized spacial score (nSPS) is 17.1. The first-order valence-corrected chi connectivity index (χ1v) is 9.61. The molecule has 1 amide bonds. The molecule has 1 aliphatic rings. The highest BCUT2D eigenvalue weighted by Gasteiger charge is 2.32. The van der Waals surface area contributed by atoms with E-state index in [9.17, 15) is 4.79 Å². The summed E-state index contributed by atoms with van der Waals surface area (Å²) in [6, 6.07) is 11.3. The van der Waals surface area contributed by atoms with Crippen molar-refractivity contribution in [2.75, 3.05) is 49.5 Å². The summed E-state index contributed by atoms with van der Waals surface area (Å²) in [4.78, 5) is 25.9. The molecule has 3 rings (SSSR count). The van der Waals surface area contributed by atoms with Crippen molar-refractivity contribution in [3.63, 3.8) is 0 Å². The Balaban J connectivity index is 1.75. The molecule has 2 heterocycles. The van der Waals surface area contributed by atoms with Gasteiger partial charge in [-0.1, -0.05) is 44.2 Å². The number of amides is 1. The fourth-order valence-corrected chi connectivity index (χ4v) is 3.34. The van der Waals surface area contributed by atoms with Gasteiger partial charge < -0.3 is 20.4 Å². The molecule has 2 N–H and O–H groups in total. The summed E-state index contributed by atoms with van der Waals surface area (Å²) in [5, 5.41) is 6.26. The van der Waals surface area contributed by atoms with E-state index in [4.69, 9.17) is 0 Å². The number of hydrogen-bond donors (Lipinski definition) is 2. The highest BCUT2D eigenvalue weighted by atomic mass is 16.2. The van der Waals surface area contributed by atoms with Crippen LogP contribution in [0.3, 0.4) is 0 Å². The van der Waals surface area contributed by atoms with E-state index in [2.05, 4.69) is 39.3 Å². The number of likely N-dealkylation sites (N-methyl/N-ethyl adjacent to an activating group) is 1. The van der Waals surface area contributed by atoms with Crippen molar-refractivity contribution < 1.29 is 4.79 Å². The smallest absolute Gasteiger partial charge is 0.247 e. The fourth-order valence-electron chi connectivity index (χ4n) is 3.34. The van der Waals surface area contributed by atoms with Crippen LogP contribution in [0.25, 0.3) is 0 Å². The van der Waals surface area contributed by atoms with Crippen LogP contribution in [0.4, 0.5) is 11.8 Å². The molecule has 7 nitrogen and oxygen atoms in total. The number of carbonyl (C=O) groups excluding carboxylic acids is 1. The van der Waals surface area contributed by atoms with E-state index in [1.807, 2.05) is 41.3 Å². The summed E-state index contributed by atoms with van der Waals surface area (Å²) in [5.41, 5.74) is 0.962. The standard InChI is InChI=1S/C20H28N6O/c1-3-25(4-2)14-12-23-20-22-11-10-17(24-20)26-15-13-21-19(27)18(26)16-8-6-5-7-9-16/h5-11,18H,3-4,12-15H2,1-2H3,(H,21,27)(H,22,23,24). The first-order chi connectivity index (χ1) is 13.2. The van der Waals surface area contributed by atoms with Crippen LogP contribution in [0.15, 0.2) is 42.6 Å². The van der Waals surface area contributed by atoms with E-state index in [-0.39, 0.29) is 11.9 Å². The maximum Gasteiger partial charge on any atom is 0.247 e. The zero-order chi connectivity index (χ0) is 19.1. The molecule has 1 aliphatic heterocycles. The van der Waals surface area contributed by atoms with Crippen LogP contribution in [0.5, 0.6) is 0 Å². The van der Waals surface area contributed by atoms with Crippen LogP contribution in [-0.4, -0.2) is 60.0 Å². The lowest BCUT2D eigenvalue weighted by molar-refractivity contribution is -0.123. The first-order valence-electron chi connectivity index (χ1n) is 9.61. The average molecular weight is 368 g/mol. The molecule has 1 aromatic carbocycles. The van der Waals surface area contributed by atoms with Gasteiger partial charge in [-0.3, -0.25) is 4.79 Å². The lowest BCUT2D eigenvalue weighted by atomic mass is 10.0. The Morgan fingerprint density at radius 1 is 1.22 bits per heavy atom. The Morgan fingerprint density at radius 3 is 2.74 bits per heavy atom. The van der Waals surface area contributed by atoms with Crippen LogP contribution >= 0.6 is 0 Å². The van der Waals surface area contributed by atoms with E-state index >= 15 is 0 Å². The quantitative estimate of drug-likeness (QED) is 0.742. The molecule has 0 aliphatic carbocycles. The summed E-state index contributed by atoms with van der Waals surface area (Å²) in [6.07, 6.45) is 1.75. The molecule has 0 spiro atoms. The predicted molar refractivity (Wildman–Crippen MR) is 108 cm³/mol. The zero-order valence-electron chi connectivity index (χ0n) is 16.1. The van der Waals surface area contributed by atoms with Gasteiger partial charge in [0.25, 0.3) is 0 Å². The second kappa shape index (κ2) is 9.32. The maximum absolute atomic E-state index is 12.6. The molecule has 1 unspecified atom stereocenters. The molecule has 27 heavy (non-hydrogen) atoms. The number of anilines is 2. The molecule has 0 bridgehead atoms. The number of benzene rings is 1. The first kappa shape index (κ1) is 19.1. The fraction of sp³-hybridized carbons (Fsp3) is 0.450. The van der Waals surface area contributed by atoms with E-state index in [1.54, 1.807) is 6.20 Å². The molecule has 1 saturated heterocycles. The Bertz CT molecular complexity index is 734. The summed E-state index contributed by atoms with van der Waals surface area (Å²) < 4.78 is 0. The number of nitrogens with zero attached hydrogens (tertiary/aromatic N) is 4. The van der Waals surface area contributed by atoms with Crippen molar-refractivity contribution in [3.05, 3.63) is 48.2 Å². The summed E-state index contributed by atoms with van der Waals surface area (Å²) >= 11 is 0. The highest BCUT2D eigenvalue weighted by Crippen LogP contribution is 2.28. The molecule has 1 fully saturated rings. The van der Waals surface area contributed by atoms with Crippen LogP contribution in [0, 0.1) is 0 Å². The third kappa shape index (κ3) is 4.74. The molecule has 2 aromatic rings. The Hall–Kier alpha value is -2.67. The van der Waals surface area contributed by atoms with Crippen molar-refractivity contribution in [1.82, 2.24) is 20.2 Å². The Labute approximate surface area is 160 Å². The minimum Gasteiger partial charge on any atom is -0.353 e. The second-order valence-electron chi connectivity index (χ2n) is 6.49. The number of hydrogen-bond acceptors (Lipinski definition) is 6. The molecule has 7 heteroatoms. The van der Waals surface area contributed by atoms with Gasteiger partial charge in [-0.05, 0) is 24.7 Å². The summed E-state index contributed by atoms with van der Waals surface area (Å²) in [5.74, 6) is 1.36. The van der Waals surface area contributed by atoms with Gasteiger partial charge in [0, 0.05) is 32.4 Å². The van der Waals surface area contributed by atoms with Crippen molar-refractivity contribution in [3.8, 4) is 0 Å².